The molecule has 0 atom stereocenters. The Balaban J connectivity index is 0.000000735. The number of esters is 1. The van der Waals surface area contributed by atoms with Crippen molar-refractivity contribution in [3.8, 4) is 0 Å². The van der Waals surface area contributed by atoms with Crippen molar-refractivity contribution in [2.75, 3.05) is 7.18 Å². The van der Waals surface area contributed by atoms with Gasteiger partial charge in [0.1, 0.15) is 5.60 Å². The first kappa shape index (κ1) is 34.4. The van der Waals surface area contributed by atoms with E-state index in [1.165, 1.54) is 11.6 Å². The summed E-state index contributed by atoms with van der Waals surface area (Å²) in [7, 11) is 0.500. The van der Waals surface area contributed by atoms with Gasteiger partial charge in [-0.05, 0) is 75.6 Å². The van der Waals surface area contributed by atoms with Crippen LogP contribution in [0.15, 0.2) is 48.5 Å². The zero-order valence-corrected chi connectivity index (χ0v) is 24.3. The molecule has 199 valence electrons. The normalized spacial score (nSPS) is 16.7. The van der Waals surface area contributed by atoms with E-state index >= 15 is 0 Å². The number of non-ortho nitro benzene ring substituents is 2. The van der Waals surface area contributed by atoms with Crippen LogP contribution in [0, 0.1) is 26.3 Å². The number of aliphatic hydroxyl groups excluding tert-OH is 1. The molecule has 37 heavy (non-hydrogen) atoms. The predicted octanol–water partition coefficient (Wildman–Crippen LogP) is 5.95. The maximum atomic E-state index is 11.6. The second kappa shape index (κ2) is 17.0. The van der Waals surface area contributed by atoms with Crippen LogP contribution in [0.5, 0.6) is 0 Å². The zero-order valence-electron chi connectivity index (χ0n) is 21.4. The molecule has 1 aliphatic rings. The van der Waals surface area contributed by atoms with Crippen molar-refractivity contribution in [2.24, 2.45) is 0 Å². The molecule has 0 aromatic heterocycles. The van der Waals surface area contributed by atoms with Crippen LogP contribution in [0.1, 0.15) is 63.5 Å². The number of nitro groups is 2. The third-order valence-electron chi connectivity index (χ3n) is 5.10. The van der Waals surface area contributed by atoms with E-state index in [1.54, 1.807) is 6.08 Å². The molecule has 0 heterocycles. The minimum atomic E-state index is -0.705. The average molecular weight is 592 g/mol. The Hall–Kier alpha value is -2.56. The van der Waals surface area contributed by atoms with Gasteiger partial charge >= 0.3 is 5.97 Å². The van der Waals surface area contributed by atoms with Crippen LogP contribution in [0.2, 0.25) is 0 Å². The van der Waals surface area contributed by atoms with Crippen LogP contribution in [-0.2, 0) is 42.2 Å². The van der Waals surface area contributed by atoms with Crippen molar-refractivity contribution in [3.63, 3.8) is 0 Å². The molecule has 2 aromatic rings. The number of rotatable bonds is 5. The number of carbonyl (C=O) groups excluding carboxylic acids is 1. The summed E-state index contributed by atoms with van der Waals surface area (Å²) in [5, 5.41) is 29.8. The van der Waals surface area contributed by atoms with Crippen molar-refractivity contribution < 1.29 is 61.6 Å². The van der Waals surface area contributed by atoms with Crippen molar-refractivity contribution in [3.05, 3.63) is 86.0 Å². The van der Waals surface area contributed by atoms with E-state index in [0.29, 0.717) is 13.1 Å². The molecule has 1 N–H and O–H groups in total. The number of hydrogen-bond acceptors (Lipinski definition) is 7. The number of hydrogen-bond donors (Lipinski definition) is 1. The molecule has 11 heteroatoms. The minimum absolute atomic E-state index is 0. The molecule has 0 saturated heterocycles. The fourth-order valence-electron chi connectivity index (χ4n) is 3.45. The first-order chi connectivity index (χ1) is 16.9. The summed E-state index contributed by atoms with van der Waals surface area (Å²) in [5.41, 5.74) is 1.19. The molecule has 3 rings (SSSR count). The standard InChI is InChI=1S/C19H26O3.C6H3N2O4.CH3F.Y/c1-19(2,3)22-18(21)13-6-14-4-7-15(8-5-14)16-9-11-17(20)12-10-16;9-7(10)5-2-1-3-6(4-5)8(11)12;1-2;/h4-8,13,16-17,20H,9-12H2,1-3H3;2-4H;1H3;/q;-1;;/b13-6+;;;. The summed E-state index contributed by atoms with van der Waals surface area (Å²) in [6.07, 6.45) is 7.02. The Bertz CT molecular complexity index is 1000. The Morgan fingerprint density at radius 3 is 1.95 bits per heavy atom. The Morgan fingerprint density at radius 2 is 1.51 bits per heavy atom. The second-order valence-corrected chi connectivity index (χ2v) is 9.00. The molecule has 0 aliphatic heterocycles. The Morgan fingerprint density at radius 1 is 1.03 bits per heavy atom. The average Bonchev–Trinajstić information content (AvgIpc) is 2.84. The third kappa shape index (κ3) is 13.5. The number of aliphatic hydroxyl groups is 1. The van der Waals surface area contributed by atoms with Crippen LogP contribution < -0.4 is 0 Å². The van der Waals surface area contributed by atoms with Gasteiger partial charge in [0.05, 0.1) is 13.3 Å². The third-order valence-corrected chi connectivity index (χ3v) is 5.10. The molecule has 1 fully saturated rings. The fourth-order valence-corrected chi connectivity index (χ4v) is 3.45. The molecular weight excluding hydrogens is 560 g/mol. The van der Waals surface area contributed by atoms with Gasteiger partial charge in [-0.1, -0.05) is 24.3 Å². The largest absolute Gasteiger partial charge is 0.457 e. The van der Waals surface area contributed by atoms with Crippen LogP contribution in [-0.4, -0.2) is 39.8 Å². The maximum absolute atomic E-state index is 11.6. The van der Waals surface area contributed by atoms with Gasteiger partial charge in [-0.3, -0.25) is 24.6 Å². The molecule has 2 aromatic carbocycles. The van der Waals surface area contributed by atoms with Gasteiger partial charge in [0.25, 0.3) is 0 Å². The molecule has 0 spiro atoms. The monoisotopic (exact) mass is 592 g/mol. The van der Waals surface area contributed by atoms with Crippen LogP contribution in [0.25, 0.3) is 6.08 Å². The number of nitro benzene ring substituents is 2. The van der Waals surface area contributed by atoms with E-state index in [-0.39, 0.29) is 56.2 Å². The van der Waals surface area contributed by atoms with Crippen LogP contribution in [0.3, 0.4) is 0 Å². The van der Waals surface area contributed by atoms with Crippen LogP contribution in [0.4, 0.5) is 15.8 Å². The number of nitrogens with zero attached hydrogens (tertiary/aromatic N) is 2. The molecule has 1 radical (unpaired) electrons. The molecule has 1 saturated carbocycles. The molecule has 9 nitrogen and oxygen atoms in total. The van der Waals surface area contributed by atoms with Gasteiger partial charge in [0.2, 0.25) is 0 Å². The first-order valence-corrected chi connectivity index (χ1v) is 11.3. The van der Waals surface area contributed by atoms with E-state index in [4.69, 9.17) is 4.74 Å². The van der Waals surface area contributed by atoms with Gasteiger partial charge in [0.15, 0.2) is 11.4 Å². The van der Waals surface area contributed by atoms with Crippen molar-refractivity contribution >= 4 is 23.4 Å². The number of ether oxygens (including phenoxy) is 1. The first-order valence-electron chi connectivity index (χ1n) is 11.3. The second-order valence-electron chi connectivity index (χ2n) is 9.00. The molecule has 0 amide bonds. The molecule has 0 bridgehead atoms. The number of alkyl halides is 1. The Kier molecular flexibility index (Phi) is 15.9. The summed E-state index contributed by atoms with van der Waals surface area (Å²) in [4.78, 5) is 30.5. The molecule has 1 aliphatic carbocycles. The van der Waals surface area contributed by atoms with Crippen molar-refractivity contribution in [1.29, 1.82) is 0 Å². The zero-order chi connectivity index (χ0) is 27.3. The van der Waals surface area contributed by atoms with Crippen molar-refractivity contribution in [2.45, 2.75) is 64.1 Å². The van der Waals surface area contributed by atoms with E-state index in [0.717, 1.165) is 49.4 Å². The van der Waals surface area contributed by atoms with E-state index in [2.05, 4.69) is 18.2 Å². The quantitative estimate of drug-likeness (QED) is 0.149. The molecule has 0 unspecified atom stereocenters. The summed E-state index contributed by atoms with van der Waals surface area (Å²) < 4.78 is 14.7. The van der Waals surface area contributed by atoms with E-state index in [9.17, 15) is 34.5 Å². The summed E-state index contributed by atoms with van der Waals surface area (Å²) >= 11 is 0. The summed E-state index contributed by atoms with van der Waals surface area (Å²) in [5.74, 6) is 0.227. The smallest absolute Gasteiger partial charge is 0.331 e. The number of halogens is 1. The van der Waals surface area contributed by atoms with Crippen LogP contribution >= 0.6 is 0 Å². The van der Waals surface area contributed by atoms with E-state index < -0.39 is 15.4 Å². The number of carbonyl (C=O) groups is 1. The van der Waals surface area contributed by atoms with E-state index in [1.807, 2.05) is 32.9 Å². The summed E-state index contributed by atoms with van der Waals surface area (Å²) in [6.45, 7) is 5.57. The van der Waals surface area contributed by atoms with Crippen molar-refractivity contribution in [1.82, 2.24) is 0 Å². The molecular formula is C26H32FN2O7Y-. The predicted molar refractivity (Wildman–Crippen MR) is 134 cm³/mol. The summed E-state index contributed by atoms with van der Waals surface area (Å²) in [6, 6.07) is 13.6. The van der Waals surface area contributed by atoms with Gasteiger partial charge in [-0.2, -0.15) is 6.07 Å². The van der Waals surface area contributed by atoms with Gasteiger partial charge in [0, 0.05) is 48.6 Å². The SMILES string of the molecule is CC(C)(C)OC(=O)/C=C/c1ccc(C2CCC(O)CC2)cc1.CF.O=[N+]([O-])c1c[c-]cc([N+](=O)[O-])c1.[Y]. The van der Waals surface area contributed by atoms with Gasteiger partial charge < -0.3 is 9.84 Å². The minimum Gasteiger partial charge on any atom is -0.457 e. The fraction of sp³-hybridized carbons (Fsp3) is 0.423. The number of benzene rings is 2. The maximum Gasteiger partial charge on any atom is 0.331 e. The Labute approximate surface area is 241 Å². The topological polar surface area (TPSA) is 133 Å². The van der Waals surface area contributed by atoms with Gasteiger partial charge in [-0.15, -0.1) is 12.1 Å². The van der Waals surface area contributed by atoms with Gasteiger partial charge in [-0.25, -0.2) is 4.79 Å².